The van der Waals surface area contributed by atoms with Crippen LogP contribution in [0.5, 0.6) is 0 Å². The Balaban J connectivity index is 1.99. The summed E-state index contributed by atoms with van der Waals surface area (Å²) in [6.45, 7) is 9.93. The van der Waals surface area contributed by atoms with Crippen molar-refractivity contribution in [3.8, 4) is 0 Å². The first-order valence-electron chi connectivity index (χ1n) is 6.51. The molecule has 0 atom stereocenters. The quantitative estimate of drug-likeness (QED) is 0.681. The standard InChI is InChI=1S/C13H28N2/c1-13(2)7-11-15(12-8-13)10-6-4-5-9-14-3/h14H,4-12H2,1-3H3. The van der Waals surface area contributed by atoms with Crippen molar-refractivity contribution in [2.45, 2.75) is 46.0 Å². The fraction of sp³-hybridized carbons (Fsp3) is 1.00. The highest BCUT2D eigenvalue weighted by atomic mass is 15.1. The molecule has 1 saturated heterocycles. The van der Waals surface area contributed by atoms with Crippen LogP contribution in [0, 0.1) is 5.41 Å². The maximum absolute atomic E-state index is 3.20. The van der Waals surface area contributed by atoms with E-state index in [1.807, 2.05) is 7.05 Å². The third-order valence-electron chi connectivity index (χ3n) is 3.61. The maximum atomic E-state index is 3.20. The number of nitrogens with zero attached hydrogens (tertiary/aromatic N) is 1. The molecular weight excluding hydrogens is 184 g/mol. The molecule has 0 spiro atoms. The summed E-state index contributed by atoms with van der Waals surface area (Å²) < 4.78 is 0. The van der Waals surface area contributed by atoms with E-state index in [9.17, 15) is 0 Å². The van der Waals surface area contributed by atoms with E-state index in [4.69, 9.17) is 0 Å². The van der Waals surface area contributed by atoms with E-state index < -0.39 is 0 Å². The lowest BCUT2D eigenvalue weighted by Crippen LogP contribution is -2.37. The predicted octanol–water partition coefficient (Wildman–Crippen LogP) is 2.50. The van der Waals surface area contributed by atoms with Crippen molar-refractivity contribution in [2.75, 3.05) is 33.2 Å². The Morgan fingerprint density at radius 2 is 1.73 bits per heavy atom. The van der Waals surface area contributed by atoms with Gasteiger partial charge < -0.3 is 10.2 Å². The molecule has 1 N–H and O–H groups in total. The lowest BCUT2D eigenvalue weighted by Gasteiger charge is -2.36. The van der Waals surface area contributed by atoms with E-state index in [1.165, 1.54) is 58.3 Å². The molecule has 90 valence electrons. The minimum atomic E-state index is 0.600. The smallest absolute Gasteiger partial charge is 0.00136 e. The summed E-state index contributed by atoms with van der Waals surface area (Å²) in [6, 6.07) is 0. The van der Waals surface area contributed by atoms with Crippen LogP contribution in [0.25, 0.3) is 0 Å². The van der Waals surface area contributed by atoms with E-state index in [1.54, 1.807) is 0 Å². The van der Waals surface area contributed by atoms with Crippen LogP contribution in [0.15, 0.2) is 0 Å². The Morgan fingerprint density at radius 3 is 2.33 bits per heavy atom. The predicted molar refractivity (Wildman–Crippen MR) is 67.2 cm³/mol. The Kier molecular flexibility index (Phi) is 5.62. The number of rotatable bonds is 6. The van der Waals surface area contributed by atoms with Gasteiger partial charge in [0.1, 0.15) is 0 Å². The number of hydrogen-bond acceptors (Lipinski definition) is 2. The highest BCUT2D eigenvalue weighted by Crippen LogP contribution is 2.29. The first kappa shape index (κ1) is 13.0. The number of nitrogens with one attached hydrogen (secondary N) is 1. The van der Waals surface area contributed by atoms with Gasteiger partial charge in [-0.15, -0.1) is 0 Å². The normalized spacial score (nSPS) is 21.8. The third kappa shape index (κ3) is 5.53. The molecule has 2 nitrogen and oxygen atoms in total. The molecule has 0 aromatic heterocycles. The molecule has 1 fully saturated rings. The lowest BCUT2D eigenvalue weighted by molar-refractivity contribution is 0.131. The molecule has 1 aliphatic heterocycles. The van der Waals surface area contributed by atoms with Gasteiger partial charge in [0.25, 0.3) is 0 Å². The van der Waals surface area contributed by atoms with Crippen LogP contribution < -0.4 is 5.32 Å². The molecule has 1 rings (SSSR count). The van der Waals surface area contributed by atoms with E-state index in [0.29, 0.717) is 5.41 Å². The van der Waals surface area contributed by atoms with Gasteiger partial charge in [-0.1, -0.05) is 20.3 Å². The largest absolute Gasteiger partial charge is 0.320 e. The van der Waals surface area contributed by atoms with Crippen LogP contribution in [-0.4, -0.2) is 38.1 Å². The van der Waals surface area contributed by atoms with Crippen LogP contribution in [0.1, 0.15) is 46.0 Å². The minimum absolute atomic E-state index is 0.600. The van der Waals surface area contributed by atoms with Crippen LogP contribution in [-0.2, 0) is 0 Å². The second kappa shape index (κ2) is 6.49. The zero-order chi connectivity index (χ0) is 11.1. The molecule has 0 radical (unpaired) electrons. The molecule has 0 amide bonds. The SMILES string of the molecule is CNCCCCCN1CCC(C)(C)CC1. The second-order valence-corrected chi connectivity index (χ2v) is 5.67. The fourth-order valence-electron chi connectivity index (χ4n) is 2.20. The molecule has 1 aliphatic rings. The van der Waals surface area contributed by atoms with Crippen LogP contribution in [0.4, 0.5) is 0 Å². The monoisotopic (exact) mass is 212 g/mol. The van der Waals surface area contributed by atoms with Gasteiger partial charge in [-0.2, -0.15) is 0 Å². The summed E-state index contributed by atoms with van der Waals surface area (Å²) in [5.41, 5.74) is 0.600. The van der Waals surface area contributed by atoms with E-state index >= 15 is 0 Å². The zero-order valence-electron chi connectivity index (χ0n) is 10.8. The summed E-state index contributed by atoms with van der Waals surface area (Å²) in [5, 5.41) is 3.20. The Labute approximate surface area is 95.4 Å². The van der Waals surface area contributed by atoms with Crippen molar-refractivity contribution < 1.29 is 0 Å². The average Bonchev–Trinajstić information content (AvgIpc) is 2.20. The Bertz CT molecular complexity index is 156. The van der Waals surface area contributed by atoms with Gasteiger partial charge in [0.15, 0.2) is 0 Å². The molecule has 1 heterocycles. The number of unbranched alkanes of at least 4 members (excludes halogenated alkanes) is 2. The Morgan fingerprint density at radius 1 is 1.07 bits per heavy atom. The zero-order valence-corrected chi connectivity index (χ0v) is 10.8. The summed E-state index contributed by atoms with van der Waals surface area (Å²) >= 11 is 0. The third-order valence-corrected chi connectivity index (χ3v) is 3.61. The van der Waals surface area contributed by atoms with Crippen molar-refractivity contribution in [1.29, 1.82) is 0 Å². The summed E-state index contributed by atoms with van der Waals surface area (Å²) in [4.78, 5) is 2.64. The molecule has 0 aromatic carbocycles. The topological polar surface area (TPSA) is 15.3 Å². The molecule has 2 heteroatoms. The highest BCUT2D eigenvalue weighted by Gasteiger charge is 2.24. The van der Waals surface area contributed by atoms with Gasteiger partial charge in [0, 0.05) is 0 Å². The van der Waals surface area contributed by atoms with Gasteiger partial charge >= 0.3 is 0 Å². The Hall–Kier alpha value is -0.0800. The lowest BCUT2D eigenvalue weighted by atomic mass is 9.82. The maximum Gasteiger partial charge on any atom is -0.00136 e. The number of hydrogen-bond donors (Lipinski definition) is 1. The molecule has 0 bridgehead atoms. The van der Waals surface area contributed by atoms with Crippen molar-refractivity contribution >= 4 is 0 Å². The van der Waals surface area contributed by atoms with Crippen molar-refractivity contribution in [2.24, 2.45) is 5.41 Å². The number of piperidine rings is 1. The second-order valence-electron chi connectivity index (χ2n) is 5.67. The molecule has 15 heavy (non-hydrogen) atoms. The van der Waals surface area contributed by atoms with E-state index in [2.05, 4.69) is 24.1 Å². The van der Waals surface area contributed by atoms with Crippen molar-refractivity contribution in [1.82, 2.24) is 10.2 Å². The first-order chi connectivity index (χ1) is 7.14. The highest BCUT2D eigenvalue weighted by molar-refractivity contribution is 4.78. The molecule has 0 unspecified atom stereocenters. The van der Waals surface area contributed by atoms with Crippen LogP contribution in [0.2, 0.25) is 0 Å². The van der Waals surface area contributed by atoms with Crippen LogP contribution in [0.3, 0.4) is 0 Å². The van der Waals surface area contributed by atoms with E-state index in [0.717, 1.165) is 0 Å². The first-order valence-corrected chi connectivity index (χ1v) is 6.51. The van der Waals surface area contributed by atoms with Crippen molar-refractivity contribution in [3.63, 3.8) is 0 Å². The van der Waals surface area contributed by atoms with Gasteiger partial charge in [-0.3, -0.25) is 0 Å². The number of likely N-dealkylation sites (tertiary alicyclic amines) is 1. The summed E-state index contributed by atoms with van der Waals surface area (Å²) in [7, 11) is 2.03. The molecule has 0 saturated carbocycles. The molecule has 0 aromatic rings. The molecule has 0 aliphatic carbocycles. The van der Waals surface area contributed by atoms with Gasteiger partial charge in [-0.05, 0) is 64.3 Å². The summed E-state index contributed by atoms with van der Waals surface area (Å²) in [5.74, 6) is 0. The van der Waals surface area contributed by atoms with Gasteiger partial charge in [0.05, 0.1) is 0 Å². The molecular formula is C13H28N2. The van der Waals surface area contributed by atoms with E-state index in [-0.39, 0.29) is 0 Å². The minimum Gasteiger partial charge on any atom is -0.320 e. The average molecular weight is 212 g/mol. The van der Waals surface area contributed by atoms with Crippen molar-refractivity contribution in [3.05, 3.63) is 0 Å². The fourth-order valence-corrected chi connectivity index (χ4v) is 2.20. The van der Waals surface area contributed by atoms with Gasteiger partial charge in [-0.25, -0.2) is 0 Å². The summed E-state index contributed by atoms with van der Waals surface area (Å²) in [6.07, 6.45) is 6.84. The van der Waals surface area contributed by atoms with Crippen LogP contribution >= 0.6 is 0 Å². The van der Waals surface area contributed by atoms with Gasteiger partial charge in [0.2, 0.25) is 0 Å².